The van der Waals surface area contributed by atoms with E-state index in [1.165, 1.54) is 38.2 Å². The molecule has 1 aromatic carbocycles. The van der Waals surface area contributed by atoms with Crippen LogP contribution < -0.4 is 5.32 Å². The zero-order chi connectivity index (χ0) is 18.4. The fourth-order valence-corrected chi connectivity index (χ4v) is 4.00. The summed E-state index contributed by atoms with van der Waals surface area (Å²) in [6, 6.07) is 9.60. The predicted molar refractivity (Wildman–Crippen MR) is 97.3 cm³/mol. The van der Waals surface area contributed by atoms with Gasteiger partial charge in [-0.3, -0.25) is 9.59 Å². The van der Waals surface area contributed by atoms with Gasteiger partial charge < -0.3 is 5.32 Å². The summed E-state index contributed by atoms with van der Waals surface area (Å²) in [6.45, 7) is 1.61. The first-order chi connectivity index (χ1) is 11.8. The number of benzene rings is 1. The van der Waals surface area contributed by atoms with Crippen LogP contribution in [0, 0.1) is 0 Å². The number of thiophene rings is 1. The van der Waals surface area contributed by atoms with Gasteiger partial charge in [-0.25, -0.2) is 8.42 Å². The topological polar surface area (TPSA) is 83.6 Å². The number of sulfonamides is 1. The Labute approximate surface area is 151 Å². The van der Waals surface area contributed by atoms with E-state index in [0.29, 0.717) is 18.5 Å². The quantitative estimate of drug-likeness (QED) is 0.710. The van der Waals surface area contributed by atoms with Crippen LogP contribution in [0.2, 0.25) is 0 Å². The van der Waals surface area contributed by atoms with Gasteiger partial charge in [-0.2, -0.15) is 4.31 Å². The van der Waals surface area contributed by atoms with Crippen molar-refractivity contribution in [1.29, 1.82) is 0 Å². The number of nitrogens with one attached hydrogen (secondary N) is 1. The molecule has 6 nitrogen and oxygen atoms in total. The highest BCUT2D eigenvalue weighted by Crippen LogP contribution is 2.15. The maximum Gasteiger partial charge on any atom is 0.243 e. The average molecular weight is 380 g/mol. The van der Waals surface area contributed by atoms with Crippen LogP contribution in [0.4, 0.5) is 0 Å². The standard InChI is InChI=1S/C17H20N2O4S2/c1-13(20)14-5-7-16(8-6-14)25(22,23)19(2)12-17(21)18-10-9-15-4-3-11-24-15/h3-8,11H,9-10,12H2,1-2H3,(H,18,21). The fourth-order valence-electron chi connectivity index (χ4n) is 2.16. The van der Waals surface area contributed by atoms with Crippen LogP contribution in [-0.4, -0.2) is 44.6 Å². The van der Waals surface area contributed by atoms with Crippen LogP contribution in [0.15, 0.2) is 46.7 Å². The molecule has 0 fully saturated rings. The van der Waals surface area contributed by atoms with Gasteiger partial charge in [0.25, 0.3) is 0 Å². The number of hydrogen-bond donors (Lipinski definition) is 1. The number of Topliss-reactive ketones (excluding diaryl/α,β-unsaturated/α-hetero) is 1. The molecule has 1 amide bonds. The van der Waals surface area contributed by atoms with Crippen molar-refractivity contribution in [2.24, 2.45) is 0 Å². The Morgan fingerprint density at radius 2 is 1.84 bits per heavy atom. The lowest BCUT2D eigenvalue weighted by molar-refractivity contribution is -0.121. The molecule has 0 radical (unpaired) electrons. The highest BCUT2D eigenvalue weighted by atomic mass is 32.2. The van der Waals surface area contributed by atoms with Crippen molar-refractivity contribution < 1.29 is 18.0 Å². The molecule has 0 unspecified atom stereocenters. The largest absolute Gasteiger partial charge is 0.355 e. The van der Waals surface area contributed by atoms with Gasteiger partial charge in [-0.05, 0) is 36.9 Å². The van der Waals surface area contributed by atoms with Gasteiger partial charge in [0, 0.05) is 24.0 Å². The zero-order valence-corrected chi connectivity index (χ0v) is 15.7. The van der Waals surface area contributed by atoms with E-state index in [-0.39, 0.29) is 23.1 Å². The molecule has 0 atom stereocenters. The van der Waals surface area contributed by atoms with Crippen LogP contribution in [-0.2, 0) is 21.2 Å². The first-order valence-electron chi connectivity index (χ1n) is 7.67. The van der Waals surface area contributed by atoms with Crippen molar-refractivity contribution in [2.75, 3.05) is 20.1 Å². The lowest BCUT2D eigenvalue weighted by atomic mass is 10.2. The molecule has 134 valence electrons. The van der Waals surface area contributed by atoms with E-state index in [9.17, 15) is 18.0 Å². The maximum atomic E-state index is 12.5. The van der Waals surface area contributed by atoms with E-state index < -0.39 is 10.0 Å². The van der Waals surface area contributed by atoms with E-state index in [1.54, 1.807) is 11.3 Å². The van der Waals surface area contributed by atoms with Crippen molar-refractivity contribution in [3.8, 4) is 0 Å². The molecular weight excluding hydrogens is 360 g/mol. The summed E-state index contributed by atoms with van der Waals surface area (Å²) >= 11 is 1.61. The molecule has 1 aromatic heterocycles. The zero-order valence-electron chi connectivity index (χ0n) is 14.1. The molecule has 0 aliphatic heterocycles. The second-order valence-electron chi connectivity index (χ2n) is 5.52. The minimum absolute atomic E-state index is 0.0476. The van der Waals surface area contributed by atoms with E-state index in [2.05, 4.69) is 5.32 Å². The molecule has 0 saturated carbocycles. The lowest BCUT2D eigenvalue weighted by Crippen LogP contribution is -2.38. The Morgan fingerprint density at radius 1 is 1.16 bits per heavy atom. The molecule has 0 aliphatic carbocycles. The summed E-state index contributed by atoms with van der Waals surface area (Å²) in [7, 11) is -2.43. The predicted octanol–water partition coefficient (Wildman–Crippen LogP) is 1.93. The number of amides is 1. The molecule has 0 spiro atoms. The summed E-state index contributed by atoms with van der Waals surface area (Å²) in [4.78, 5) is 24.4. The van der Waals surface area contributed by atoms with Crippen LogP contribution >= 0.6 is 11.3 Å². The second-order valence-corrected chi connectivity index (χ2v) is 8.60. The number of likely N-dealkylation sites (N-methyl/N-ethyl adjacent to an activating group) is 1. The fraction of sp³-hybridized carbons (Fsp3) is 0.294. The molecular formula is C17H20N2O4S2. The van der Waals surface area contributed by atoms with Crippen molar-refractivity contribution in [3.63, 3.8) is 0 Å². The molecule has 0 saturated heterocycles. The Balaban J connectivity index is 1.92. The third kappa shape index (κ3) is 5.22. The van der Waals surface area contributed by atoms with Crippen LogP contribution in [0.3, 0.4) is 0 Å². The van der Waals surface area contributed by atoms with Crippen molar-refractivity contribution >= 4 is 33.1 Å². The molecule has 1 N–H and O–H groups in total. The van der Waals surface area contributed by atoms with Gasteiger partial charge in [0.05, 0.1) is 11.4 Å². The smallest absolute Gasteiger partial charge is 0.243 e. The highest BCUT2D eigenvalue weighted by Gasteiger charge is 2.22. The lowest BCUT2D eigenvalue weighted by Gasteiger charge is -2.17. The second kappa shape index (κ2) is 8.37. The minimum atomic E-state index is -3.78. The number of rotatable bonds is 8. The maximum absolute atomic E-state index is 12.5. The molecule has 25 heavy (non-hydrogen) atoms. The van der Waals surface area contributed by atoms with Crippen molar-refractivity contribution in [3.05, 3.63) is 52.2 Å². The Bertz CT molecular complexity index is 828. The average Bonchev–Trinajstić information content (AvgIpc) is 3.08. The molecule has 1 heterocycles. The Kier molecular flexibility index (Phi) is 6.46. The molecule has 2 aromatic rings. The molecule has 0 aliphatic rings. The third-order valence-corrected chi connectivity index (χ3v) is 6.36. The van der Waals surface area contributed by atoms with Gasteiger partial charge >= 0.3 is 0 Å². The van der Waals surface area contributed by atoms with Gasteiger partial charge in [0.1, 0.15) is 0 Å². The molecule has 0 bridgehead atoms. The van der Waals surface area contributed by atoms with Crippen LogP contribution in [0.5, 0.6) is 0 Å². The first-order valence-corrected chi connectivity index (χ1v) is 9.99. The number of carbonyl (C=O) groups is 2. The number of hydrogen-bond acceptors (Lipinski definition) is 5. The Hall–Kier alpha value is -2.03. The summed E-state index contributed by atoms with van der Waals surface area (Å²) < 4.78 is 25.9. The van der Waals surface area contributed by atoms with Gasteiger partial charge in [0.2, 0.25) is 15.9 Å². The van der Waals surface area contributed by atoms with Crippen LogP contribution in [0.25, 0.3) is 0 Å². The Morgan fingerprint density at radius 3 is 2.40 bits per heavy atom. The highest BCUT2D eigenvalue weighted by molar-refractivity contribution is 7.89. The van der Waals surface area contributed by atoms with Gasteiger partial charge in [-0.1, -0.05) is 18.2 Å². The SMILES string of the molecule is CC(=O)c1ccc(S(=O)(=O)N(C)CC(=O)NCCc2cccs2)cc1. The van der Waals surface area contributed by atoms with Crippen molar-refractivity contribution in [2.45, 2.75) is 18.2 Å². The van der Waals surface area contributed by atoms with Gasteiger partial charge in [-0.15, -0.1) is 11.3 Å². The monoisotopic (exact) mass is 380 g/mol. The van der Waals surface area contributed by atoms with Crippen LogP contribution in [0.1, 0.15) is 22.2 Å². The van der Waals surface area contributed by atoms with E-state index in [0.717, 1.165) is 9.18 Å². The number of nitrogens with zero attached hydrogens (tertiary/aromatic N) is 1. The van der Waals surface area contributed by atoms with Gasteiger partial charge in [0.15, 0.2) is 5.78 Å². The molecule has 2 rings (SSSR count). The number of ketones is 1. The van der Waals surface area contributed by atoms with Crippen molar-refractivity contribution in [1.82, 2.24) is 9.62 Å². The summed E-state index contributed by atoms with van der Waals surface area (Å²) in [5.41, 5.74) is 0.438. The third-order valence-electron chi connectivity index (χ3n) is 3.61. The van der Waals surface area contributed by atoms with E-state index in [1.807, 2.05) is 17.5 Å². The number of carbonyl (C=O) groups excluding carboxylic acids is 2. The minimum Gasteiger partial charge on any atom is -0.355 e. The van der Waals surface area contributed by atoms with E-state index >= 15 is 0 Å². The summed E-state index contributed by atoms with van der Waals surface area (Å²) in [5, 5.41) is 4.68. The molecule has 8 heteroatoms. The summed E-state index contributed by atoms with van der Waals surface area (Å²) in [5.74, 6) is -0.495. The normalized spacial score (nSPS) is 11.5. The first kappa shape index (κ1) is 19.3. The van der Waals surface area contributed by atoms with E-state index in [4.69, 9.17) is 0 Å². The summed E-state index contributed by atoms with van der Waals surface area (Å²) in [6.07, 6.45) is 0.715.